The minimum absolute atomic E-state index is 0.969. The average molecular weight is 294 g/mol. The van der Waals surface area contributed by atoms with Gasteiger partial charge >= 0.3 is 0 Å². The summed E-state index contributed by atoms with van der Waals surface area (Å²) in [6.07, 6.45) is 1.85. The lowest BCUT2D eigenvalue weighted by atomic mass is 10.2. The van der Waals surface area contributed by atoms with Crippen LogP contribution in [0.25, 0.3) is 0 Å². The van der Waals surface area contributed by atoms with E-state index in [9.17, 15) is 0 Å². The Kier molecular flexibility index (Phi) is 4.02. The molecule has 1 aromatic heterocycles. The van der Waals surface area contributed by atoms with Crippen LogP contribution in [0.15, 0.2) is 52.1 Å². The predicted molar refractivity (Wildman–Crippen MR) is 72.7 cm³/mol. The number of halogens is 1. The lowest BCUT2D eigenvalue weighted by Gasteiger charge is -2.04. The number of aryl methyl sites for hydroxylation is 1. The number of nitrogens with zero attached hydrogens (tertiary/aromatic N) is 1. The topological polar surface area (TPSA) is 12.9 Å². The Labute approximate surface area is 108 Å². The van der Waals surface area contributed by atoms with Crippen molar-refractivity contribution in [3.8, 4) is 0 Å². The van der Waals surface area contributed by atoms with Crippen LogP contribution in [0.4, 0.5) is 0 Å². The van der Waals surface area contributed by atoms with Crippen molar-refractivity contribution in [2.45, 2.75) is 17.7 Å². The van der Waals surface area contributed by atoms with Crippen LogP contribution >= 0.6 is 27.7 Å². The molecule has 0 aliphatic rings. The molecule has 0 fully saturated rings. The van der Waals surface area contributed by atoms with Crippen molar-refractivity contribution in [2.75, 3.05) is 0 Å². The van der Waals surface area contributed by atoms with Gasteiger partial charge in [0.15, 0.2) is 0 Å². The molecule has 1 aromatic carbocycles. The monoisotopic (exact) mass is 293 g/mol. The molecule has 0 N–H and O–H groups in total. The highest BCUT2D eigenvalue weighted by atomic mass is 79.9. The molecule has 1 nitrogen and oxygen atoms in total. The van der Waals surface area contributed by atoms with E-state index in [0.29, 0.717) is 0 Å². The Hall–Kier alpha value is -0.800. The first-order chi connectivity index (χ1) is 7.75. The van der Waals surface area contributed by atoms with Gasteiger partial charge < -0.3 is 0 Å². The van der Waals surface area contributed by atoms with Gasteiger partial charge in [-0.15, -0.1) is 11.8 Å². The Morgan fingerprint density at radius 3 is 2.69 bits per heavy atom. The summed E-state index contributed by atoms with van der Waals surface area (Å²) in [6, 6.07) is 12.6. The molecule has 16 heavy (non-hydrogen) atoms. The first-order valence-corrected chi connectivity index (χ1v) is 6.82. The fourth-order valence-electron chi connectivity index (χ4n) is 1.40. The molecule has 0 radical (unpaired) electrons. The first-order valence-electron chi connectivity index (χ1n) is 5.04. The van der Waals surface area contributed by atoms with E-state index >= 15 is 0 Å². The summed E-state index contributed by atoms with van der Waals surface area (Å²) in [5.41, 5.74) is 2.55. The summed E-state index contributed by atoms with van der Waals surface area (Å²) >= 11 is 5.20. The van der Waals surface area contributed by atoms with Crippen LogP contribution < -0.4 is 0 Å². The van der Waals surface area contributed by atoms with Gasteiger partial charge in [0, 0.05) is 16.4 Å². The smallest absolute Gasteiger partial charge is 0.0993 e. The number of aromatic nitrogens is 1. The number of thioether (sulfide) groups is 1. The van der Waals surface area contributed by atoms with E-state index in [-0.39, 0.29) is 0 Å². The van der Waals surface area contributed by atoms with Gasteiger partial charge in [-0.05, 0) is 40.0 Å². The molecule has 2 aromatic rings. The zero-order chi connectivity index (χ0) is 11.4. The zero-order valence-corrected chi connectivity index (χ0v) is 11.4. The molecule has 0 amide bonds. The molecule has 0 aliphatic heterocycles. The van der Waals surface area contributed by atoms with E-state index in [2.05, 4.69) is 58.2 Å². The van der Waals surface area contributed by atoms with Gasteiger partial charge in [-0.3, -0.25) is 0 Å². The lowest BCUT2D eigenvalue weighted by Crippen LogP contribution is -1.87. The third-order valence-corrected chi connectivity index (χ3v) is 3.83. The maximum absolute atomic E-state index is 4.41. The van der Waals surface area contributed by atoms with Crippen molar-refractivity contribution in [1.29, 1.82) is 0 Å². The van der Waals surface area contributed by atoms with Crippen molar-refractivity contribution >= 4 is 27.7 Å². The van der Waals surface area contributed by atoms with Crippen LogP contribution in [0.1, 0.15) is 11.1 Å². The second kappa shape index (κ2) is 5.51. The van der Waals surface area contributed by atoms with Crippen LogP contribution in [-0.2, 0) is 5.75 Å². The fourth-order valence-corrected chi connectivity index (χ4v) is 2.76. The number of hydrogen-bond donors (Lipinski definition) is 0. The molecule has 0 unspecified atom stereocenters. The fraction of sp³-hybridized carbons (Fsp3) is 0.154. The molecule has 2 rings (SSSR count). The second-order valence-corrected chi connectivity index (χ2v) is 5.43. The van der Waals surface area contributed by atoms with Gasteiger partial charge in [-0.1, -0.05) is 30.3 Å². The molecule has 0 aliphatic carbocycles. The van der Waals surface area contributed by atoms with Crippen molar-refractivity contribution in [2.24, 2.45) is 0 Å². The Bertz CT molecular complexity index is 471. The van der Waals surface area contributed by atoms with Gasteiger partial charge in [0.25, 0.3) is 0 Å². The van der Waals surface area contributed by atoms with Crippen molar-refractivity contribution in [1.82, 2.24) is 4.98 Å². The molecular weight excluding hydrogens is 282 g/mol. The molecule has 0 spiro atoms. The molecule has 0 saturated heterocycles. The minimum atomic E-state index is 0.969. The van der Waals surface area contributed by atoms with E-state index in [1.807, 2.05) is 12.3 Å². The second-order valence-electron chi connectivity index (χ2n) is 3.55. The quantitative estimate of drug-likeness (QED) is 0.776. The van der Waals surface area contributed by atoms with Gasteiger partial charge in [-0.25, -0.2) is 4.98 Å². The molecule has 82 valence electrons. The summed E-state index contributed by atoms with van der Waals surface area (Å²) in [5, 5.41) is 1.10. The highest BCUT2D eigenvalue weighted by Gasteiger charge is 2.01. The highest BCUT2D eigenvalue weighted by Crippen LogP contribution is 2.25. The van der Waals surface area contributed by atoms with Crippen molar-refractivity contribution in [3.63, 3.8) is 0 Å². The number of rotatable bonds is 3. The molecule has 0 saturated carbocycles. The SMILES string of the molecule is Cc1cc(Br)cnc1SCc1ccccc1. The predicted octanol–water partition coefficient (Wildman–Crippen LogP) is 4.44. The van der Waals surface area contributed by atoms with Crippen LogP contribution in [0.5, 0.6) is 0 Å². The highest BCUT2D eigenvalue weighted by molar-refractivity contribution is 9.10. The molecule has 0 bridgehead atoms. The summed E-state index contributed by atoms with van der Waals surface area (Å²) in [4.78, 5) is 4.41. The Morgan fingerprint density at radius 2 is 2.00 bits per heavy atom. The van der Waals surface area contributed by atoms with Crippen LogP contribution in [0.2, 0.25) is 0 Å². The van der Waals surface area contributed by atoms with Gasteiger partial charge in [0.1, 0.15) is 0 Å². The number of pyridine rings is 1. The largest absolute Gasteiger partial charge is 0.248 e. The number of benzene rings is 1. The minimum Gasteiger partial charge on any atom is -0.248 e. The third kappa shape index (κ3) is 3.09. The summed E-state index contributed by atoms with van der Waals surface area (Å²) in [7, 11) is 0. The molecule has 3 heteroatoms. The van der Waals surface area contributed by atoms with Crippen LogP contribution in [0, 0.1) is 6.92 Å². The standard InChI is InChI=1S/C13H12BrNS/c1-10-7-12(14)8-15-13(10)16-9-11-5-3-2-4-6-11/h2-8H,9H2,1H3. The van der Waals surface area contributed by atoms with E-state index in [1.54, 1.807) is 11.8 Å². The number of hydrogen-bond acceptors (Lipinski definition) is 2. The van der Waals surface area contributed by atoms with Crippen LogP contribution in [0.3, 0.4) is 0 Å². The Morgan fingerprint density at radius 1 is 1.25 bits per heavy atom. The maximum atomic E-state index is 4.41. The van der Waals surface area contributed by atoms with Crippen LogP contribution in [-0.4, -0.2) is 4.98 Å². The third-order valence-electron chi connectivity index (χ3n) is 2.22. The maximum Gasteiger partial charge on any atom is 0.0993 e. The van der Waals surface area contributed by atoms with E-state index < -0.39 is 0 Å². The van der Waals surface area contributed by atoms with E-state index in [4.69, 9.17) is 0 Å². The molecule has 0 atom stereocenters. The normalized spacial score (nSPS) is 10.4. The molecule has 1 heterocycles. The molecular formula is C13H12BrNS. The first kappa shape index (κ1) is 11.7. The average Bonchev–Trinajstić information content (AvgIpc) is 2.29. The van der Waals surface area contributed by atoms with Crippen molar-refractivity contribution in [3.05, 3.63) is 58.2 Å². The van der Waals surface area contributed by atoms with E-state index in [1.165, 1.54) is 11.1 Å². The summed E-state index contributed by atoms with van der Waals surface area (Å²) in [6.45, 7) is 2.09. The van der Waals surface area contributed by atoms with Gasteiger partial charge in [0.05, 0.1) is 5.03 Å². The van der Waals surface area contributed by atoms with E-state index in [0.717, 1.165) is 15.3 Å². The summed E-state index contributed by atoms with van der Waals surface area (Å²) < 4.78 is 1.04. The van der Waals surface area contributed by atoms with Crippen molar-refractivity contribution < 1.29 is 0 Å². The summed E-state index contributed by atoms with van der Waals surface area (Å²) in [5.74, 6) is 0.969. The zero-order valence-electron chi connectivity index (χ0n) is 8.98. The van der Waals surface area contributed by atoms with Gasteiger partial charge in [0.2, 0.25) is 0 Å². The Balaban J connectivity index is 2.05. The van der Waals surface area contributed by atoms with Gasteiger partial charge in [-0.2, -0.15) is 0 Å². The lowest BCUT2D eigenvalue weighted by molar-refractivity contribution is 1.07.